The van der Waals surface area contributed by atoms with Crippen LogP contribution in [-0.2, 0) is 11.2 Å². The highest BCUT2D eigenvalue weighted by Crippen LogP contribution is 2.31. The van der Waals surface area contributed by atoms with Gasteiger partial charge in [-0.1, -0.05) is 36.0 Å². The maximum absolute atomic E-state index is 12.8. The molecule has 1 amide bonds. The van der Waals surface area contributed by atoms with Crippen molar-refractivity contribution in [2.45, 2.75) is 23.8 Å². The Balaban J connectivity index is 1.56. The average Bonchev–Trinajstić information content (AvgIpc) is 3.19. The Morgan fingerprint density at radius 1 is 1.17 bits per heavy atom. The fourth-order valence-electron chi connectivity index (χ4n) is 2.89. The van der Waals surface area contributed by atoms with E-state index in [0.29, 0.717) is 0 Å². The number of anilines is 1. The SMILES string of the molecule is C[C@H](Sc1nnc2ccccn12)C(=O)N1CCc2ccccc21. The monoisotopic (exact) mass is 324 g/mol. The van der Waals surface area contributed by atoms with Crippen molar-refractivity contribution in [3.63, 3.8) is 0 Å². The standard InChI is InChI=1S/C17H16N4OS/c1-12(23-17-19-18-15-8-4-5-10-21(15)17)16(22)20-11-9-13-6-2-3-7-14(13)20/h2-8,10,12H,9,11H2,1H3/t12-/m0/s1. The van der Waals surface area contributed by atoms with Crippen molar-refractivity contribution in [3.8, 4) is 0 Å². The summed E-state index contributed by atoms with van der Waals surface area (Å²) in [6.07, 6.45) is 2.84. The molecule has 1 aliphatic heterocycles. The van der Waals surface area contributed by atoms with Gasteiger partial charge in [0.15, 0.2) is 10.8 Å². The van der Waals surface area contributed by atoms with Gasteiger partial charge in [0.05, 0.1) is 5.25 Å². The second-order valence-electron chi connectivity index (χ2n) is 5.54. The van der Waals surface area contributed by atoms with Crippen molar-refractivity contribution < 1.29 is 4.79 Å². The average molecular weight is 324 g/mol. The summed E-state index contributed by atoms with van der Waals surface area (Å²) in [4.78, 5) is 14.7. The fourth-order valence-corrected chi connectivity index (χ4v) is 3.80. The molecule has 3 heterocycles. The van der Waals surface area contributed by atoms with E-state index in [1.54, 1.807) is 0 Å². The van der Waals surface area contributed by atoms with Gasteiger partial charge in [-0.3, -0.25) is 9.20 Å². The van der Waals surface area contributed by atoms with E-state index >= 15 is 0 Å². The first kappa shape index (κ1) is 14.3. The first-order chi connectivity index (χ1) is 11.2. The summed E-state index contributed by atoms with van der Waals surface area (Å²) in [6.45, 7) is 2.68. The number of benzene rings is 1. The van der Waals surface area contributed by atoms with Gasteiger partial charge in [-0.2, -0.15) is 0 Å². The number of carbonyl (C=O) groups excluding carboxylic acids is 1. The van der Waals surface area contributed by atoms with Crippen LogP contribution in [0.25, 0.3) is 5.65 Å². The molecule has 6 heteroatoms. The molecule has 0 unspecified atom stereocenters. The third kappa shape index (κ3) is 2.49. The Labute approximate surface area is 138 Å². The van der Waals surface area contributed by atoms with Gasteiger partial charge in [-0.15, -0.1) is 10.2 Å². The highest BCUT2D eigenvalue weighted by Gasteiger charge is 2.29. The van der Waals surface area contributed by atoms with Crippen LogP contribution in [0.2, 0.25) is 0 Å². The minimum absolute atomic E-state index is 0.118. The lowest BCUT2D eigenvalue weighted by Gasteiger charge is -2.20. The van der Waals surface area contributed by atoms with Gasteiger partial charge >= 0.3 is 0 Å². The molecular weight excluding hydrogens is 308 g/mol. The molecule has 5 nitrogen and oxygen atoms in total. The third-order valence-electron chi connectivity index (χ3n) is 4.07. The molecule has 0 spiro atoms. The largest absolute Gasteiger partial charge is 0.311 e. The molecule has 0 bridgehead atoms. The van der Waals surface area contributed by atoms with E-state index in [0.717, 1.165) is 29.5 Å². The van der Waals surface area contributed by atoms with E-state index in [9.17, 15) is 4.79 Å². The van der Waals surface area contributed by atoms with Crippen LogP contribution in [0.1, 0.15) is 12.5 Å². The Bertz CT molecular complexity index is 876. The van der Waals surface area contributed by atoms with Crippen LogP contribution in [0.3, 0.4) is 0 Å². The first-order valence-electron chi connectivity index (χ1n) is 7.60. The zero-order chi connectivity index (χ0) is 15.8. The van der Waals surface area contributed by atoms with E-state index in [-0.39, 0.29) is 11.2 Å². The van der Waals surface area contributed by atoms with Gasteiger partial charge in [-0.25, -0.2) is 0 Å². The molecule has 23 heavy (non-hydrogen) atoms. The number of nitrogens with zero attached hydrogens (tertiary/aromatic N) is 4. The number of thioether (sulfide) groups is 1. The maximum Gasteiger partial charge on any atom is 0.240 e. The van der Waals surface area contributed by atoms with Crippen LogP contribution in [0.5, 0.6) is 0 Å². The second-order valence-corrected chi connectivity index (χ2v) is 6.85. The lowest BCUT2D eigenvalue weighted by atomic mass is 10.2. The highest BCUT2D eigenvalue weighted by molar-refractivity contribution is 8.00. The molecule has 1 aromatic carbocycles. The number of hydrogen-bond acceptors (Lipinski definition) is 4. The van der Waals surface area contributed by atoms with Gasteiger partial charge < -0.3 is 4.90 Å². The molecule has 0 saturated carbocycles. The van der Waals surface area contributed by atoms with Crippen molar-refractivity contribution in [3.05, 3.63) is 54.2 Å². The lowest BCUT2D eigenvalue weighted by Crippen LogP contribution is -2.35. The van der Waals surface area contributed by atoms with Crippen LogP contribution in [0, 0.1) is 0 Å². The number of rotatable bonds is 3. The molecule has 4 rings (SSSR count). The molecular formula is C17H16N4OS. The Hall–Kier alpha value is -2.34. The molecule has 0 saturated heterocycles. The molecule has 0 fully saturated rings. The maximum atomic E-state index is 12.8. The van der Waals surface area contributed by atoms with Crippen LogP contribution in [-0.4, -0.2) is 32.3 Å². The van der Waals surface area contributed by atoms with Crippen LogP contribution >= 0.6 is 11.8 Å². The third-order valence-corrected chi connectivity index (χ3v) is 5.11. The Morgan fingerprint density at radius 2 is 2.00 bits per heavy atom. The summed E-state index contributed by atoms with van der Waals surface area (Å²) >= 11 is 1.45. The number of aromatic nitrogens is 3. The topological polar surface area (TPSA) is 50.5 Å². The van der Waals surface area contributed by atoms with Crippen LogP contribution in [0.15, 0.2) is 53.8 Å². The van der Waals surface area contributed by atoms with Gasteiger partial charge in [0, 0.05) is 18.4 Å². The molecule has 3 aromatic rings. The van der Waals surface area contributed by atoms with Crippen molar-refractivity contribution >= 4 is 29.0 Å². The predicted octanol–water partition coefficient (Wildman–Crippen LogP) is 2.80. The number of pyridine rings is 1. The minimum Gasteiger partial charge on any atom is -0.311 e. The lowest BCUT2D eigenvalue weighted by molar-refractivity contribution is -0.117. The number of amides is 1. The van der Waals surface area contributed by atoms with E-state index in [4.69, 9.17) is 0 Å². The van der Waals surface area contributed by atoms with Crippen molar-refractivity contribution in [2.24, 2.45) is 0 Å². The first-order valence-corrected chi connectivity index (χ1v) is 8.48. The van der Waals surface area contributed by atoms with Gasteiger partial charge in [0.2, 0.25) is 5.91 Å². The smallest absolute Gasteiger partial charge is 0.240 e. The van der Waals surface area contributed by atoms with Crippen LogP contribution in [0.4, 0.5) is 5.69 Å². The van der Waals surface area contributed by atoms with Crippen molar-refractivity contribution in [1.29, 1.82) is 0 Å². The predicted molar refractivity (Wildman–Crippen MR) is 90.8 cm³/mol. The highest BCUT2D eigenvalue weighted by atomic mass is 32.2. The van der Waals surface area contributed by atoms with Crippen molar-refractivity contribution in [2.75, 3.05) is 11.4 Å². The molecule has 116 valence electrons. The summed E-state index contributed by atoms with van der Waals surface area (Å²) < 4.78 is 1.91. The number of hydrogen-bond donors (Lipinski definition) is 0. The minimum atomic E-state index is -0.214. The normalized spacial score (nSPS) is 14.9. The molecule has 0 radical (unpaired) electrons. The van der Waals surface area contributed by atoms with Gasteiger partial charge in [-0.05, 0) is 37.1 Å². The quantitative estimate of drug-likeness (QED) is 0.695. The summed E-state index contributed by atoms with van der Waals surface area (Å²) in [5.74, 6) is 0.118. The van der Waals surface area contributed by atoms with Gasteiger partial charge in [0.25, 0.3) is 0 Å². The molecule has 0 aliphatic carbocycles. The summed E-state index contributed by atoms with van der Waals surface area (Å²) in [6, 6.07) is 13.9. The van der Waals surface area contributed by atoms with Crippen LogP contribution < -0.4 is 4.90 Å². The van der Waals surface area contributed by atoms with E-state index in [1.807, 2.05) is 58.8 Å². The van der Waals surface area contributed by atoms with E-state index in [2.05, 4.69) is 16.3 Å². The summed E-state index contributed by atoms with van der Waals surface area (Å²) in [7, 11) is 0. The van der Waals surface area contributed by atoms with Gasteiger partial charge in [0.1, 0.15) is 0 Å². The van der Waals surface area contributed by atoms with Crippen molar-refractivity contribution in [1.82, 2.24) is 14.6 Å². The number of carbonyl (C=O) groups is 1. The zero-order valence-corrected chi connectivity index (χ0v) is 13.5. The zero-order valence-electron chi connectivity index (χ0n) is 12.7. The molecule has 2 aromatic heterocycles. The number of para-hydroxylation sites is 1. The second kappa shape index (κ2) is 5.70. The molecule has 1 aliphatic rings. The van der Waals surface area contributed by atoms with E-state index < -0.39 is 0 Å². The Morgan fingerprint density at radius 3 is 2.91 bits per heavy atom. The molecule has 1 atom stereocenters. The number of fused-ring (bicyclic) bond motifs is 2. The summed E-state index contributed by atoms with van der Waals surface area (Å²) in [5, 5.41) is 8.86. The fraction of sp³-hybridized carbons (Fsp3) is 0.235. The molecule has 0 N–H and O–H groups in total. The summed E-state index contributed by atoms with van der Waals surface area (Å²) in [5.41, 5.74) is 3.07. The Kier molecular flexibility index (Phi) is 3.53. The van der Waals surface area contributed by atoms with E-state index in [1.165, 1.54) is 17.3 Å².